The van der Waals surface area contributed by atoms with E-state index in [1.807, 2.05) is 30.3 Å². The van der Waals surface area contributed by atoms with Gasteiger partial charge < -0.3 is 13.9 Å². The molecule has 0 aliphatic heterocycles. The fourth-order valence-corrected chi connectivity index (χ4v) is 2.48. The first kappa shape index (κ1) is 14.5. The van der Waals surface area contributed by atoms with Crippen LogP contribution in [0.3, 0.4) is 0 Å². The Bertz CT molecular complexity index is 741. The summed E-state index contributed by atoms with van der Waals surface area (Å²) in [4.78, 5) is 0. The van der Waals surface area contributed by atoms with Crippen LogP contribution in [0.5, 0.6) is 17.2 Å². The van der Waals surface area contributed by atoms with Gasteiger partial charge in [0.2, 0.25) is 0 Å². The topological polar surface area (TPSA) is 31.6 Å². The average molecular weight is 296 g/mol. The number of benzene rings is 2. The molecule has 0 fully saturated rings. The van der Waals surface area contributed by atoms with Gasteiger partial charge in [0.05, 0.1) is 13.4 Å². The second-order valence-electron chi connectivity index (χ2n) is 5.27. The Morgan fingerprint density at radius 1 is 0.955 bits per heavy atom. The van der Waals surface area contributed by atoms with Crippen LogP contribution >= 0.6 is 0 Å². The Hall–Kier alpha value is -2.42. The van der Waals surface area contributed by atoms with E-state index in [9.17, 15) is 0 Å². The monoisotopic (exact) mass is 296 g/mol. The lowest BCUT2D eigenvalue weighted by Crippen LogP contribution is -1.93. The molecule has 0 saturated carbocycles. The van der Waals surface area contributed by atoms with Gasteiger partial charge in [-0.1, -0.05) is 25.5 Å². The van der Waals surface area contributed by atoms with Crippen molar-refractivity contribution in [2.75, 3.05) is 7.11 Å². The van der Waals surface area contributed by atoms with Crippen LogP contribution in [0, 0.1) is 0 Å². The fourth-order valence-electron chi connectivity index (χ4n) is 2.48. The van der Waals surface area contributed by atoms with Crippen molar-refractivity contribution in [1.29, 1.82) is 0 Å². The third kappa shape index (κ3) is 2.93. The molecule has 0 bridgehead atoms. The van der Waals surface area contributed by atoms with E-state index in [1.165, 1.54) is 5.56 Å². The summed E-state index contributed by atoms with van der Waals surface area (Å²) in [6, 6.07) is 13.8. The van der Waals surface area contributed by atoms with E-state index in [-0.39, 0.29) is 0 Å². The molecular formula is C19H20O3. The zero-order chi connectivity index (χ0) is 15.4. The SMILES string of the molecule is CCCCc1ccc2ccoc2c1Oc1ccc(OC)cc1. The van der Waals surface area contributed by atoms with Crippen LogP contribution in [-0.2, 0) is 6.42 Å². The van der Waals surface area contributed by atoms with Crippen molar-refractivity contribution < 1.29 is 13.9 Å². The minimum atomic E-state index is 0.780. The molecule has 0 N–H and O–H groups in total. The van der Waals surface area contributed by atoms with Gasteiger partial charge >= 0.3 is 0 Å². The van der Waals surface area contributed by atoms with Gasteiger partial charge in [0, 0.05) is 5.39 Å². The molecule has 0 aliphatic rings. The van der Waals surface area contributed by atoms with Gasteiger partial charge in [-0.2, -0.15) is 0 Å². The molecule has 0 atom stereocenters. The van der Waals surface area contributed by atoms with Crippen LogP contribution in [-0.4, -0.2) is 7.11 Å². The smallest absolute Gasteiger partial charge is 0.176 e. The quantitative estimate of drug-likeness (QED) is 0.595. The van der Waals surface area contributed by atoms with E-state index in [2.05, 4.69) is 19.1 Å². The molecule has 1 aromatic heterocycles. The summed E-state index contributed by atoms with van der Waals surface area (Å²) < 4.78 is 16.9. The average Bonchev–Trinajstić information content (AvgIpc) is 3.03. The van der Waals surface area contributed by atoms with E-state index in [1.54, 1.807) is 13.4 Å². The number of hydrogen-bond acceptors (Lipinski definition) is 3. The number of furan rings is 1. The van der Waals surface area contributed by atoms with Crippen LogP contribution in [0.2, 0.25) is 0 Å². The lowest BCUT2D eigenvalue weighted by atomic mass is 10.1. The number of methoxy groups -OCH3 is 1. The highest BCUT2D eigenvalue weighted by Crippen LogP contribution is 2.35. The number of hydrogen-bond donors (Lipinski definition) is 0. The van der Waals surface area contributed by atoms with E-state index >= 15 is 0 Å². The molecule has 0 aliphatic carbocycles. The minimum Gasteiger partial charge on any atom is -0.497 e. The second kappa shape index (κ2) is 6.56. The Balaban J connectivity index is 1.96. The van der Waals surface area contributed by atoms with Crippen molar-refractivity contribution in [3.63, 3.8) is 0 Å². The molecule has 0 spiro atoms. The molecule has 114 valence electrons. The lowest BCUT2D eigenvalue weighted by Gasteiger charge is -2.12. The molecule has 3 aromatic rings. The lowest BCUT2D eigenvalue weighted by molar-refractivity contribution is 0.412. The van der Waals surface area contributed by atoms with Gasteiger partial charge in [-0.15, -0.1) is 0 Å². The van der Waals surface area contributed by atoms with E-state index in [0.29, 0.717) is 0 Å². The first-order chi connectivity index (χ1) is 10.8. The molecule has 0 saturated heterocycles. The Kier molecular flexibility index (Phi) is 4.33. The molecule has 1 heterocycles. The van der Waals surface area contributed by atoms with Gasteiger partial charge in [0.1, 0.15) is 11.5 Å². The van der Waals surface area contributed by atoms with Crippen molar-refractivity contribution in [3.8, 4) is 17.2 Å². The first-order valence-corrected chi connectivity index (χ1v) is 7.63. The Morgan fingerprint density at radius 3 is 2.45 bits per heavy atom. The van der Waals surface area contributed by atoms with Crippen LogP contribution < -0.4 is 9.47 Å². The third-order valence-electron chi connectivity index (χ3n) is 3.74. The zero-order valence-corrected chi connectivity index (χ0v) is 13.0. The molecular weight excluding hydrogens is 276 g/mol. The number of unbranched alkanes of at least 4 members (excludes halogenated alkanes) is 1. The van der Waals surface area contributed by atoms with Gasteiger partial charge in [-0.05, 0) is 48.7 Å². The van der Waals surface area contributed by atoms with Gasteiger partial charge in [-0.25, -0.2) is 0 Å². The largest absolute Gasteiger partial charge is 0.497 e. The van der Waals surface area contributed by atoms with Crippen LogP contribution in [0.1, 0.15) is 25.3 Å². The molecule has 3 heteroatoms. The van der Waals surface area contributed by atoms with Crippen LogP contribution in [0.15, 0.2) is 53.1 Å². The van der Waals surface area contributed by atoms with Crippen molar-refractivity contribution in [2.24, 2.45) is 0 Å². The Labute approximate surface area is 130 Å². The molecule has 0 radical (unpaired) electrons. The summed E-state index contributed by atoms with van der Waals surface area (Å²) in [5.74, 6) is 2.42. The number of aryl methyl sites for hydroxylation is 1. The Morgan fingerprint density at radius 2 is 1.73 bits per heavy atom. The van der Waals surface area contributed by atoms with Crippen LogP contribution in [0.25, 0.3) is 11.0 Å². The summed E-state index contributed by atoms with van der Waals surface area (Å²) >= 11 is 0. The van der Waals surface area contributed by atoms with E-state index in [0.717, 1.165) is 47.5 Å². The van der Waals surface area contributed by atoms with Crippen molar-refractivity contribution >= 4 is 11.0 Å². The standard InChI is InChI=1S/C19H20O3/c1-3-4-5-14-6-7-15-12-13-21-18(15)19(14)22-17-10-8-16(20-2)9-11-17/h6-13H,3-5H2,1-2H3. The second-order valence-corrected chi connectivity index (χ2v) is 5.27. The maximum atomic E-state index is 6.13. The minimum absolute atomic E-state index is 0.780. The third-order valence-corrected chi connectivity index (χ3v) is 3.74. The van der Waals surface area contributed by atoms with Gasteiger partial charge in [0.25, 0.3) is 0 Å². The summed E-state index contributed by atoms with van der Waals surface area (Å²) in [5, 5.41) is 1.06. The van der Waals surface area contributed by atoms with Crippen molar-refractivity contribution in [3.05, 3.63) is 54.3 Å². The van der Waals surface area contributed by atoms with Gasteiger partial charge in [0.15, 0.2) is 11.3 Å². The predicted octanol–water partition coefficient (Wildman–Crippen LogP) is 5.58. The van der Waals surface area contributed by atoms with Gasteiger partial charge in [-0.3, -0.25) is 0 Å². The van der Waals surface area contributed by atoms with Crippen molar-refractivity contribution in [1.82, 2.24) is 0 Å². The summed E-state index contributed by atoms with van der Waals surface area (Å²) in [6.07, 6.45) is 4.97. The molecule has 22 heavy (non-hydrogen) atoms. The molecule has 3 rings (SSSR count). The fraction of sp³-hybridized carbons (Fsp3) is 0.263. The highest BCUT2D eigenvalue weighted by Gasteiger charge is 2.13. The van der Waals surface area contributed by atoms with E-state index < -0.39 is 0 Å². The highest BCUT2D eigenvalue weighted by molar-refractivity contribution is 5.84. The van der Waals surface area contributed by atoms with E-state index in [4.69, 9.17) is 13.9 Å². The maximum Gasteiger partial charge on any atom is 0.176 e. The zero-order valence-electron chi connectivity index (χ0n) is 13.0. The molecule has 3 nitrogen and oxygen atoms in total. The molecule has 0 amide bonds. The molecule has 2 aromatic carbocycles. The number of rotatable bonds is 6. The number of ether oxygens (including phenoxy) is 2. The summed E-state index contributed by atoms with van der Waals surface area (Å²) in [7, 11) is 1.66. The summed E-state index contributed by atoms with van der Waals surface area (Å²) in [6.45, 7) is 2.19. The van der Waals surface area contributed by atoms with Crippen LogP contribution in [0.4, 0.5) is 0 Å². The molecule has 0 unspecified atom stereocenters. The normalized spacial score (nSPS) is 10.8. The first-order valence-electron chi connectivity index (χ1n) is 7.63. The maximum absolute atomic E-state index is 6.13. The number of fused-ring (bicyclic) bond motifs is 1. The van der Waals surface area contributed by atoms with Crippen molar-refractivity contribution in [2.45, 2.75) is 26.2 Å². The predicted molar refractivity (Wildman–Crippen MR) is 87.9 cm³/mol. The summed E-state index contributed by atoms with van der Waals surface area (Å²) in [5.41, 5.74) is 1.99. The highest BCUT2D eigenvalue weighted by atomic mass is 16.5.